The summed E-state index contributed by atoms with van der Waals surface area (Å²) in [5, 5.41) is 11.5. The lowest BCUT2D eigenvalue weighted by Gasteiger charge is -2.10. The molecule has 0 bridgehead atoms. The molecule has 65 valence electrons. The van der Waals surface area contributed by atoms with Crippen molar-refractivity contribution in [3.63, 3.8) is 0 Å². The van der Waals surface area contributed by atoms with Gasteiger partial charge in [0.2, 0.25) is 0 Å². The molecule has 1 unspecified atom stereocenters. The number of aryl methyl sites for hydroxylation is 1. The van der Waals surface area contributed by atoms with Crippen molar-refractivity contribution in [2.75, 3.05) is 0 Å². The molecule has 0 heterocycles. The van der Waals surface area contributed by atoms with Crippen molar-refractivity contribution in [1.82, 2.24) is 0 Å². The van der Waals surface area contributed by atoms with Gasteiger partial charge in [-0.3, -0.25) is 0 Å². The van der Waals surface area contributed by atoms with Gasteiger partial charge in [0.1, 0.15) is 6.10 Å². The van der Waals surface area contributed by atoms with E-state index in [1.807, 2.05) is 31.2 Å². The molecular formula is C11H15O. The molecule has 0 fully saturated rings. The summed E-state index contributed by atoms with van der Waals surface area (Å²) in [7, 11) is 0. The minimum absolute atomic E-state index is 0.541. The fourth-order valence-corrected chi connectivity index (χ4v) is 1.39. The van der Waals surface area contributed by atoms with Gasteiger partial charge < -0.3 is 0 Å². The topological polar surface area (TPSA) is 19.9 Å². The number of hydrogen-bond donors (Lipinski definition) is 0. The van der Waals surface area contributed by atoms with E-state index in [1.54, 1.807) is 0 Å². The van der Waals surface area contributed by atoms with Crippen molar-refractivity contribution in [3.8, 4) is 0 Å². The average molecular weight is 163 g/mol. The Bertz CT molecular complexity index is 243. The van der Waals surface area contributed by atoms with Crippen LogP contribution in [0.4, 0.5) is 0 Å². The smallest absolute Gasteiger partial charge is 0.118 e. The van der Waals surface area contributed by atoms with E-state index < -0.39 is 6.10 Å². The van der Waals surface area contributed by atoms with Crippen LogP contribution in [0.25, 0.3) is 0 Å². The maximum Gasteiger partial charge on any atom is 0.118 e. The molecule has 0 aromatic heterocycles. The second kappa shape index (κ2) is 4.27. The van der Waals surface area contributed by atoms with E-state index in [0.717, 1.165) is 12.0 Å². The third-order valence-corrected chi connectivity index (χ3v) is 2.15. The summed E-state index contributed by atoms with van der Waals surface area (Å²) >= 11 is 0. The quantitative estimate of drug-likeness (QED) is 0.652. The fraction of sp³-hybridized carbons (Fsp3) is 0.455. The Balaban J connectivity index is 2.96. The van der Waals surface area contributed by atoms with Crippen molar-refractivity contribution in [2.24, 2.45) is 0 Å². The number of rotatable bonds is 3. The molecule has 0 aliphatic carbocycles. The van der Waals surface area contributed by atoms with Crippen LogP contribution < -0.4 is 0 Å². The summed E-state index contributed by atoms with van der Waals surface area (Å²) in [5.41, 5.74) is 2.17. The Hall–Kier alpha value is -0.820. The summed E-state index contributed by atoms with van der Waals surface area (Å²) in [6.07, 6.45) is 1.09. The van der Waals surface area contributed by atoms with Crippen LogP contribution in [-0.2, 0) is 11.5 Å². The molecule has 1 radical (unpaired) electrons. The second-order valence-electron chi connectivity index (χ2n) is 2.95. The van der Waals surface area contributed by atoms with Gasteiger partial charge >= 0.3 is 0 Å². The zero-order chi connectivity index (χ0) is 8.97. The maximum atomic E-state index is 11.5. The normalized spacial score (nSPS) is 12.9. The Morgan fingerprint density at radius 1 is 1.25 bits per heavy atom. The van der Waals surface area contributed by atoms with Crippen molar-refractivity contribution in [3.05, 3.63) is 35.4 Å². The van der Waals surface area contributed by atoms with Crippen LogP contribution >= 0.6 is 0 Å². The lowest BCUT2D eigenvalue weighted by atomic mass is 9.99. The first-order chi connectivity index (χ1) is 5.79. The maximum absolute atomic E-state index is 11.5. The van der Waals surface area contributed by atoms with E-state index in [4.69, 9.17) is 0 Å². The molecule has 1 nitrogen and oxygen atoms in total. The summed E-state index contributed by atoms with van der Waals surface area (Å²) in [5.74, 6) is 0. The largest absolute Gasteiger partial charge is 0.228 e. The standard InChI is InChI=1S/C11H15O/c1-3-9-7-5-6-8-10(9)11(12)4-2/h5-8,11H,3-4H2,1-2H3. The first-order valence-electron chi connectivity index (χ1n) is 4.53. The first kappa shape index (κ1) is 9.27. The van der Waals surface area contributed by atoms with Crippen molar-refractivity contribution >= 4 is 0 Å². The molecule has 0 aliphatic rings. The highest BCUT2D eigenvalue weighted by molar-refractivity contribution is 5.28. The lowest BCUT2D eigenvalue weighted by Crippen LogP contribution is -1.98. The summed E-state index contributed by atoms with van der Waals surface area (Å²) in [6, 6.07) is 7.91. The summed E-state index contributed by atoms with van der Waals surface area (Å²) in [4.78, 5) is 0. The van der Waals surface area contributed by atoms with E-state index >= 15 is 0 Å². The van der Waals surface area contributed by atoms with Crippen LogP contribution in [0.15, 0.2) is 24.3 Å². The van der Waals surface area contributed by atoms with Crippen LogP contribution in [-0.4, -0.2) is 0 Å². The van der Waals surface area contributed by atoms with Crippen LogP contribution in [0, 0.1) is 0 Å². The van der Waals surface area contributed by atoms with Gasteiger partial charge in [0.25, 0.3) is 0 Å². The summed E-state index contributed by atoms with van der Waals surface area (Å²) in [6.45, 7) is 4.02. The zero-order valence-electron chi connectivity index (χ0n) is 7.71. The van der Waals surface area contributed by atoms with Gasteiger partial charge in [-0.25, -0.2) is 5.11 Å². The van der Waals surface area contributed by atoms with E-state index in [-0.39, 0.29) is 0 Å². The molecule has 0 amide bonds. The predicted octanol–water partition coefficient (Wildman–Crippen LogP) is 3.13. The minimum Gasteiger partial charge on any atom is -0.228 e. The molecular weight excluding hydrogens is 148 g/mol. The van der Waals surface area contributed by atoms with Gasteiger partial charge in [-0.15, -0.1) is 0 Å². The van der Waals surface area contributed by atoms with Gasteiger partial charge in [0.05, 0.1) is 0 Å². The van der Waals surface area contributed by atoms with Crippen molar-refractivity contribution in [2.45, 2.75) is 32.8 Å². The van der Waals surface area contributed by atoms with Gasteiger partial charge in [0.15, 0.2) is 0 Å². The zero-order valence-corrected chi connectivity index (χ0v) is 7.71. The molecule has 1 atom stereocenters. The Morgan fingerprint density at radius 2 is 1.92 bits per heavy atom. The Labute approximate surface area is 74.1 Å². The van der Waals surface area contributed by atoms with Crippen LogP contribution in [0.2, 0.25) is 0 Å². The van der Waals surface area contributed by atoms with E-state index in [0.29, 0.717) is 6.42 Å². The Morgan fingerprint density at radius 3 is 2.50 bits per heavy atom. The lowest BCUT2D eigenvalue weighted by molar-refractivity contribution is 0.0850. The molecule has 12 heavy (non-hydrogen) atoms. The highest BCUT2D eigenvalue weighted by Gasteiger charge is 2.09. The van der Waals surface area contributed by atoms with Crippen molar-refractivity contribution < 1.29 is 5.11 Å². The van der Waals surface area contributed by atoms with E-state index in [2.05, 4.69) is 6.92 Å². The molecule has 0 saturated heterocycles. The third kappa shape index (κ3) is 1.86. The molecule has 0 saturated carbocycles. The second-order valence-corrected chi connectivity index (χ2v) is 2.95. The number of benzene rings is 1. The fourth-order valence-electron chi connectivity index (χ4n) is 1.39. The van der Waals surface area contributed by atoms with Crippen LogP contribution in [0.5, 0.6) is 0 Å². The van der Waals surface area contributed by atoms with Crippen LogP contribution in [0.3, 0.4) is 0 Å². The predicted molar refractivity (Wildman–Crippen MR) is 49.5 cm³/mol. The molecule has 1 heteroatoms. The van der Waals surface area contributed by atoms with Crippen molar-refractivity contribution in [1.29, 1.82) is 0 Å². The molecule has 1 aromatic carbocycles. The van der Waals surface area contributed by atoms with Gasteiger partial charge in [-0.2, -0.15) is 0 Å². The molecule has 1 rings (SSSR count). The third-order valence-electron chi connectivity index (χ3n) is 2.15. The van der Waals surface area contributed by atoms with Gasteiger partial charge in [-0.1, -0.05) is 38.1 Å². The summed E-state index contributed by atoms with van der Waals surface area (Å²) < 4.78 is 0. The van der Waals surface area contributed by atoms with E-state index in [1.165, 1.54) is 5.56 Å². The minimum atomic E-state index is -0.541. The Kier molecular flexibility index (Phi) is 3.30. The molecule has 0 aliphatic heterocycles. The molecule has 0 spiro atoms. The van der Waals surface area contributed by atoms with Gasteiger partial charge in [0, 0.05) is 0 Å². The monoisotopic (exact) mass is 163 g/mol. The first-order valence-corrected chi connectivity index (χ1v) is 4.53. The SMILES string of the molecule is CCc1ccccc1C([O])CC. The van der Waals surface area contributed by atoms with E-state index in [9.17, 15) is 5.11 Å². The molecule has 1 aromatic rings. The number of hydrogen-bond acceptors (Lipinski definition) is 0. The average Bonchev–Trinajstić information content (AvgIpc) is 2.16. The highest BCUT2D eigenvalue weighted by Crippen LogP contribution is 2.21. The van der Waals surface area contributed by atoms with Crippen LogP contribution in [0.1, 0.15) is 37.5 Å². The van der Waals surface area contributed by atoms with Gasteiger partial charge in [-0.05, 0) is 24.0 Å². The highest BCUT2D eigenvalue weighted by atomic mass is 16.3. The molecule has 0 N–H and O–H groups in total.